The van der Waals surface area contributed by atoms with Crippen molar-refractivity contribution in [1.82, 2.24) is 0 Å². The van der Waals surface area contributed by atoms with Gasteiger partial charge in [0.05, 0.1) is 5.41 Å². The molecule has 0 N–H and O–H groups in total. The number of ketones is 1. The standard InChI is InChI=1S/C26H28O/c27-25-12-10-20-14-23-19(7-4-8-22(23)18-5-2-1-3-6-18)15-24(20)26(25)16-17-9-11-21(26)13-17/h4,7-9,11,14-15,17-18,21H,1-3,5-6,10,12-13,16H2. The van der Waals surface area contributed by atoms with Crippen molar-refractivity contribution in [3.05, 3.63) is 59.2 Å². The molecule has 0 radical (unpaired) electrons. The van der Waals surface area contributed by atoms with Crippen molar-refractivity contribution in [3.8, 4) is 0 Å². The van der Waals surface area contributed by atoms with E-state index in [0.29, 0.717) is 17.6 Å². The van der Waals surface area contributed by atoms with E-state index in [2.05, 4.69) is 42.5 Å². The summed E-state index contributed by atoms with van der Waals surface area (Å²) in [6, 6.07) is 11.8. The van der Waals surface area contributed by atoms with Crippen LogP contribution >= 0.6 is 0 Å². The molecule has 1 heteroatoms. The third-order valence-corrected chi connectivity index (χ3v) is 8.17. The third-order valence-electron chi connectivity index (χ3n) is 8.17. The Labute approximate surface area is 161 Å². The molecule has 0 amide bonds. The van der Waals surface area contributed by atoms with E-state index in [9.17, 15) is 4.79 Å². The topological polar surface area (TPSA) is 17.1 Å². The molecule has 2 aromatic rings. The van der Waals surface area contributed by atoms with E-state index in [-0.39, 0.29) is 5.41 Å². The minimum atomic E-state index is -0.206. The van der Waals surface area contributed by atoms with E-state index in [1.807, 2.05) is 0 Å². The lowest BCUT2D eigenvalue weighted by atomic mass is 9.62. The van der Waals surface area contributed by atoms with Gasteiger partial charge in [0.2, 0.25) is 0 Å². The fourth-order valence-electron chi connectivity index (χ4n) is 6.89. The molecule has 0 aromatic heterocycles. The highest BCUT2D eigenvalue weighted by Gasteiger charge is 2.55. The summed E-state index contributed by atoms with van der Waals surface area (Å²) < 4.78 is 0. The van der Waals surface area contributed by atoms with Crippen molar-refractivity contribution in [2.75, 3.05) is 0 Å². The maximum absolute atomic E-state index is 13.2. The molecule has 0 saturated heterocycles. The summed E-state index contributed by atoms with van der Waals surface area (Å²) in [5.41, 5.74) is 4.20. The molecule has 2 aromatic carbocycles. The van der Waals surface area contributed by atoms with Gasteiger partial charge in [-0.2, -0.15) is 0 Å². The summed E-state index contributed by atoms with van der Waals surface area (Å²) >= 11 is 0. The van der Waals surface area contributed by atoms with Gasteiger partial charge in [-0.15, -0.1) is 0 Å². The zero-order valence-electron chi connectivity index (χ0n) is 16.0. The number of carbonyl (C=O) groups excluding carboxylic acids is 1. The summed E-state index contributed by atoms with van der Waals surface area (Å²) in [7, 11) is 0. The van der Waals surface area contributed by atoms with Crippen LogP contribution in [0.15, 0.2) is 42.5 Å². The Morgan fingerprint density at radius 1 is 0.963 bits per heavy atom. The lowest BCUT2D eigenvalue weighted by molar-refractivity contribution is -0.126. The zero-order valence-corrected chi connectivity index (χ0v) is 16.0. The average molecular weight is 357 g/mol. The van der Waals surface area contributed by atoms with Crippen LogP contribution in [0.5, 0.6) is 0 Å². The van der Waals surface area contributed by atoms with Crippen LogP contribution in [0.4, 0.5) is 0 Å². The average Bonchev–Trinajstić information content (AvgIpc) is 3.32. The molecule has 3 unspecified atom stereocenters. The highest BCUT2D eigenvalue weighted by atomic mass is 16.1. The van der Waals surface area contributed by atoms with E-state index in [1.165, 1.54) is 60.4 Å². The first-order chi connectivity index (χ1) is 13.3. The van der Waals surface area contributed by atoms with Crippen LogP contribution in [0.25, 0.3) is 10.8 Å². The molecule has 6 rings (SSSR count). The molecule has 138 valence electrons. The highest BCUT2D eigenvalue weighted by Crippen LogP contribution is 2.57. The van der Waals surface area contributed by atoms with Gasteiger partial charge in [-0.1, -0.05) is 55.7 Å². The molecule has 1 nitrogen and oxygen atoms in total. The van der Waals surface area contributed by atoms with Gasteiger partial charge in [-0.3, -0.25) is 4.79 Å². The van der Waals surface area contributed by atoms with Gasteiger partial charge in [0.15, 0.2) is 0 Å². The van der Waals surface area contributed by atoms with Gasteiger partial charge >= 0.3 is 0 Å². The summed E-state index contributed by atoms with van der Waals surface area (Å²) in [6.07, 6.45) is 15.4. The Balaban J connectivity index is 1.53. The van der Waals surface area contributed by atoms with Crippen molar-refractivity contribution >= 4 is 16.6 Å². The molecule has 2 saturated carbocycles. The van der Waals surface area contributed by atoms with E-state index in [4.69, 9.17) is 0 Å². The van der Waals surface area contributed by atoms with Crippen molar-refractivity contribution in [3.63, 3.8) is 0 Å². The molecular weight excluding hydrogens is 328 g/mol. The summed E-state index contributed by atoms with van der Waals surface area (Å²) in [5, 5.41) is 2.82. The molecule has 0 heterocycles. The summed E-state index contributed by atoms with van der Waals surface area (Å²) in [4.78, 5) is 13.2. The second kappa shape index (κ2) is 5.80. The number of fused-ring (bicyclic) bond motifs is 6. The number of rotatable bonds is 1. The van der Waals surface area contributed by atoms with Gasteiger partial charge in [-0.05, 0) is 83.4 Å². The van der Waals surface area contributed by atoms with Gasteiger partial charge < -0.3 is 0 Å². The Kier molecular flexibility index (Phi) is 3.46. The number of Topliss-reactive ketones (excluding diaryl/α,β-unsaturated/α-hetero) is 1. The lowest BCUT2D eigenvalue weighted by Crippen LogP contribution is -2.43. The van der Waals surface area contributed by atoms with Gasteiger partial charge in [0.1, 0.15) is 5.78 Å². The molecule has 27 heavy (non-hydrogen) atoms. The Bertz CT molecular complexity index is 962. The third kappa shape index (κ3) is 2.21. The van der Waals surface area contributed by atoms with Crippen LogP contribution < -0.4 is 0 Å². The van der Waals surface area contributed by atoms with Crippen molar-refractivity contribution in [1.29, 1.82) is 0 Å². The number of hydrogen-bond acceptors (Lipinski definition) is 1. The monoisotopic (exact) mass is 356 g/mol. The second-order valence-electron chi connectivity index (χ2n) is 9.50. The quantitative estimate of drug-likeness (QED) is 0.553. The second-order valence-corrected chi connectivity index (χ2v) is 9.50. The van der Waals surface area contributed by atoms with E-state index >= 15 is 0 Å². The van der Waals surface area contributed by atoms with Crippen LogP contribution in [0.3, 0.4) is 0 Å². The van der Waals surface area contributed by atoms with Crippen molar-refractivity contribution < 1.29 is 4.79 Å². The Morgan fingerprint density at radius 2 is 1.85 bits per heavy atom. The fourth-order valence-corrected chi connectivity index (χ4v) is 6.89. The largest absolute Gasteiger partial charge is 0.299 e. The van der Waals surface area contributed by atoms with Crippen LogP contribution in [-0.4, -0.2) is 5.78 Å². The zero-order chi connectivity index (χ0) is 18.0. The van der Waals surface area contributed by atoms with Crippen molar-refractivity contribution in [2.45, 2.75) is 69.1 Å². The van der Waals surface area contributed by atoms with Crippen molar-refractivity contribution in [2.24, 2.45) is 11.8 Å². The molecule has 3 atom stereocenters. The molecule has 4 aliphatic carbocycles. The molecule has 2 bridgehead atoms. The number of aryl methyl sites for hydroxylation is 1. The maximum Gasteiger partial charge on any atom is 0.144 e. The number of carbonyl (C=O) groups is 1. The summed E-state index contributed by atoms with van der Waals surface area (Å²) in [6.45, 7) is 0. The minimum absolute atomic E-state index is 0.206. The molecular formula is C26H28O. The normalized spacial score (nSPS) is 32.5. The predicted octanol–water partition coefficient (Wildman–Crippen LogP) is 6.24. The van der Waals surface area contributed by atoms with E-state index in [0.717, 1.165) is 25.2 Å². The fraction of sp³-hybridized carbons (Fsp3) is 0.500. The van der Waals surface area contributed by atoms with Gasteiger partial charge in [0.25, 0.3) is 0 Å². The molecule has 2 fully saturated rings. The molecule has 4 aliphatic rings. The number of allylic oxidation sites excluding steroid dienone is 2. The molecule has 0 aliphatic heterocycles. The first kappa shape index (κ1) is 16.1. The number of hydrogen-bond donors (Lipinski definition) is 0. The van der Waals surface area contributed by atoms with Crippen LogP contribution in [-0.2, 0) is 16.6 Å². The SMILES string of the molecule is O=C1CCc2cc3c(C4CCCCC4)cccc3cc2C12CC1C=CC2C1. The molecule has 1 spiro atoms. The maximum atomic E-state index is 13.2. The summed E-state index contributed by atoms with van der Waals surface area (Å²) in [5.74, 6) is 2.29. The highest BCUT2D eigenvalue weighted by molar-refractivity contribution is 5.97. The van der Waals surface area contributed by atoms with Crippen LogP contribution in [0.2, 0.25) is 0 Å². The Morgan fingerprint density at radius 3 is 2.63 bits per heavy atom. The number of benzene rings is 2. The van der Waals surface area contributed by atoms with Crippen LogP contribution in [0.1, 0.15) is 74.0 Å². The predicted molar refractivity (Wildman–Crippen MR) is 110 cm³/mol. The minimum Gasteiger partial charge on any atom is -0.299 e. The van der Waals surface area contributed by atoms with Gasteiger partial charge in [0, 0.05) is 6.42 Å². The van der Waals surface area contributed by atoms with Gasteiger partial charge in [-0.25, -0.2) is 0 Å². The Hall–Kier alpha value is -1.89. The first-order valence-corrected chi connectivity index (χ1v) is 11.0. The van der Waals surface area contributed by atoms with E-state index < -0.39 is 0 Å². The van der Waals surface area contributed by atoms with E-state index in [1.54, 1.807) is 5.56 Å². The van der Waals surface area contributed by atoms with Crippen LogP contribution in [0, 0.1) is 11.8 Å². The lowest BCUT2D eigenvalue weighted by Gasteiger charge is -2.40. The first-order valence-electron chi connectivity index (χ1n) is 11.0. The smallest absolute Gasteiger partial charge is 0.144 e.